The molecule has 0 aliphatic carbocycles. The number of thiazole rings is 1. The van der Waals surface area contributed by atoms with Crippen LogP contribution in [0, 0.1) is 12.8 Å². The van der Waals surface area contributed by atoms with E-state index in [1.54, 1.807) is 23.6 Å². The van der Waals surface area contributed by atoms with Gasteiger partial charge in [-0.15, -0.1) is 11.3 Å². The van der Waals surface area contributed by atoms with Crippen molar-refractivity contribution in [2.75, 3.05) is 13.1 Å². The van der Waals surface area contributed by atoms with Crippen molar-refractivity contribution >= 4 is 29.2 Å². The number of carbonyl (C=O) groups excluding carboxylic acids is 2. The number of hydrogen-bond acceptors (Lipinski definition) is 4. The molecule has 0 saturated carbocycles. The van der Waals surface area contributed by atoms with Crippen molar-refractivity contribution < 1.29 is 9.59 Å². The minimum atomic E-state index is -0.0221. The van der Waals surface area contributed by atoms with Crippen LogP contribution < -0.4 is 5.32 Å². The maximum Gasteiger partial charge on any atom is 0.246 e. The van der Waals surface area contributed by atoms with Crippen LogP contribution in [0.2, 0.25) is 0 Å². The predicted octanol–water partition coefficient (Wildman–Crippen LogP) is 3.02. The third kappa shape index (κ3) is 5.02. The van der Waals surface area contributed by atoms with Gasteiger partial charge in [-0.1, -0.05) is 30.3 Å². The SMILES string of the molecule is Cc1ncc(CNC(=O)C2CCN(C(=O)C=Cc3ccccc3)CC2)s1. The fraction of sp³-hybridized carbons (Fsp3) is 0.350. The maximum absolute atomic E-state index is 12.3. The number of carbonyl (C=O) groups is 2. The quantitative estimate of drug-likeness (QED) is 0.824. The summed E-state index contributed by atoms with van der Waals surface area (Å²) in [6.45, 7) is 3.73. The molecule has 1 aliphatic heterocycles. The highest BCUT2D eigenvalue weighted by Crippen LogP contribution is 2.19. The molecule has 5 nitrogen and oxygen atoms in total. The summed E-state index contributed by atoms with van der Waals surface area (Å²) < 4.78 is 0. The van der Waals surface area contributed by atoms with Crippen molar-refractivity contribution in [2.24, 2.45) is 5.92 Å². The fourth-order valence-electron chi connectivity index (χ4n) is 3.00. The van der Waals surface area contributed by atoms with E-state index in [4.69, 9.17) is 0 Å². The van der Waals surface area contributed by atoms with Crippen molar-refractivity contribution in [2.45, 2.75) is 26.3 Å². The van der Waals surface area contributed by atoms with E-state index >= 15 is 0 Å². The van der Waals surface area contributed by atoms with Crippen molar-refractivity contribution in [1.29, 1.82) is 0 Å². The summed E-state index contributed by atoms with van der Waals surface area (Å²) in [6.07, 6.45) is 6.66. The number of hydrogen-bond donors (Lipinski definition) is 1. The third-order valence-electron chi connectivity index (χ3n) is 4.50. The Balaban J connectivity index is 1.43. The molecule has 1 saturated heterocycles. The van der Waals surface area contributed by atoms with Gasteiger partial charge in [0.2, 0.25) is 11.8 Å². The van der Waals surface area contributed by atoms with Gasteiger partial charge in [-0.2, -0.15) is 0 Å². The lowest BCUT2D eigenvalue weighted by molar-refractivity contribution is -0.132. The lowest BCUT2D eigenvalue weighted by atomic mass is 9.96. The molecule has 0 radical (unpaired) electrons. The highest BCUT2D eigenvalue weighted by molar-refractivity contribution is 7.11. The van der Waals surface area contributed by atoms with E-state index in [1.165, 1.54) is 0 Å². The molecule has 6 heteroatoms. The van der Waals surface area contributed by atoms with Crippen molar-refractivity contribution in [3.63, 3.8) is 0 Å². The zero-order valence-electron chi connectivity index (χ0n) is 14.9. The normalized spacial score (nSPS) is 15.3. The van der Waals surface area contributed by atoms with Gasteiger partial charge in [-0.05, 0) is 31.4 Å². The highest BCUT2D eigenvalue weighted by Gasteiger charge is 2.26. The van der Waals surface area contributed by atoms with E-state index in [0.29, 0.717) is 32.5 Å². The summed E-state index contributed by atoms with van der Waals surface area (Å²) in [5.74, 6) is 0.0574. The van der Waals surface area contributed by atoms with Gasteiger partial charge in [0, 0.05) is 36.2 Å². The van der Waals surface area contributed by atoms with Gasteiger partial charge < -0.3 is 10.2 Å². The van der Waals surface area contributed by atoms with Crippen LogP contribution in [0.5, 0.6) is 0 Å². The lowest BCUT2D eigenvalue weighted by Gasteiger charge is -2.30. The second-order valence-electron chi connectivity index (χ2n) is 6.41. The first-order valence-corrected chi connectivity index (χ1v) is 9.64. The first kappa shape index (κ1) is 18.3. The number of rotatable bonds is 5. The van der Waals surface area contributed by atoms with Crippen molar-refractivity contribution in [1.82, 2.24) is 15.2 Å². The topological polar surface area (TPSA) is 62.3 Å². The predicted molar refractivity (Wildman–Crippen MR) is 103 cm³/mol. The van der Waals surface area contributed by atoms with E-state index in [9.17, 15) is 9.59 Å². The number of amides is 2. The molecule has 2 aromatic rings. The van der Waals surface area contributed by atoms with Crippen molar-refractivity contribution in [3.05, 3.63) is 58.1 Å². The van der Waals surface area contributed by atoms with Crippen molar-refractivity contribution in [3.8, 4) is 0 Å². The molecular weight excluding hydrogens is 346 g/mol. The Labute approximate surface area is 157 Å². The fourth-order valence-corrected chi connectivity index (χ4v) is 3.74. The highest BCUT2D eigenvalue weighted by atomic mass is 32.1. The van der Waals surface area contributed by atoms with Gasteiger partial charge in [-0.3, -0.25) is 9.59 Å². The first-order valence-electron chi connectivity index (χ1n) is 8.83. The molecule has 2 heterocycles. The molecule has 1 aromatic heterocycles. The maximum atomic E-state index is 12.3. The van der Waals surface area contributed by atoms with Crippen LogP contribution in [0.15, 0.2) is 42.6 Å². The summed E-state index contributed by atoms with van der Waals surface area (Å²) in [5.41, 5.74) is 1.01. The lowest BCUT2D eigenvalue weighted by Crippen LogP contribution is -2.42. The molecule has 26 heavy (non-hydrogen) atoms. The van der Waals surface area contributed by atoms with Gasteiger partial charge in [0.15, 0.2) is 0 Å². The smallest absolute Gasteiger partial charge is 0.246 e. The van der Waals surface area contributed by atoms with E-state index in [-0.39, 0.29) is 17.7 Å². The van der Waals surface area contributed by atoms with Gasteiger partial charge in [0.1, 0.15) is 0 Å². The van der Waals surface area contributed by atoms with Crippen LogP contribution in [0.3, 0.4) is 0 Å². The molecule has 1 N–H and O–H groups in total. The number of aryl methyl sites for hydroxylation is 1. The molecule has 0 unspecified atom stereocenters. The number of nitrogens with one attached hydrogen (secondary N) is 1. The monoisotopic (exact) mass is 369 g/mol. The Hall–Kier alpha value is -2.47. The molecule has 136 valence electrons. The number of nitrogens with zero attached hydrogens (tertiary/aromatic N) is 2. The zero-order valence-corrected chi connectivity index (χ0v) is 15.7. The Morgan fingerprint density at radius 1 is 1.27 bits per heavy atom. The van der Waals surface area contributed by atoms with Gasteiger partial charge >= 0.3 is 0 Å². The molecule has 0 bridgehead atoms. The van der Waals surface area contributed by atoms with E-state index in [2.05, 4.69) is 10.3 Å². The summed E-state index contributed by atoms with van der Waals surface area (Å²) in [4.78, 5) is 31.7. The van der Waals surface area contributed by atoms with E-state index in [0.717, 1.165) is 15.4 Å². The van der Waals surface area contributed by atoms with E-state index in [1.807, 2.05) is 48.2 Å². The summed E-state index contributed by atoms with van der Waals surface area (Å²) >= 11 is 1.60. The Kier molecular flexibility index (Phi) is 6.17. The molecule has 1 aromatic carbocycles. The Bertz CT molecular complexity index is 777. The van der Waals surface area contributed by atoms with Crippen LogP contribution >= 0.6 is 11.3 Å². The van der Waals surface area contributed by atoms with Crippen LogP contribution in [0.25, 0.3) is 6.08 Å². The van der Waals surface area contributed by atoms with Crippen LogP contribution in [-0.2, 0) is 16.1 Å². The number of aromatic nitrogens is 1. The first-order chi connectivity index (χ1) is 12.6. The minimum Gasteiger partial charge on any atom is -0.351 e. The number of benzene rings is 1. The largest absolute Gasteiger partial charge is 0.351 e. The molecule has 1 aliphatic rings. The average Bonchev–Trinajstić information content (AvgIpc) is 3.10. The second-order valence-corrected chi connectivity index (χ2v) is 7.73. The standard InChI is InChI=1S/C20H23N3O2S/c1-15-21-13-18(26-15)14-22-20(25)17-9-11-23(12-10-17)19(24)8-7-16-5-3-2-4-6-16/h2-8,13,17H,9-12,14H2,1H3,(H,22,25). The molecule has 1 fully saturated rings. The Morgan fingerprint density at radius 2 is 2.00 bits per heavy atom. The van der Waals surface area contributed by atoms with Gasteiger partial charge in [0.25, 0.3) is 0 Å². The number of likely N-dealkylation sites (tertiary alicyclic amines) is 1. The summed E-state index contributed by atoms with van der Waals surface area (Å²) in [5, 5.41) is 3.99. The Morgan fingerprint density at radius 3 is 2.65 bits per heavy atom. The third-order valence-corrected chi connectivity index (χ3v) is 5.41. The average molecular weight is 369 g/mol. The zero-order chi connectivity index (χ0) is 18.4. The second kappa shape index (κ2) is 8.76. The molecular formula is C20H23N3O2S. The molecule has 0 spiro atoms. The molecule has 3 rings (SSSR count). The van der Waals surface area contributed by atoms with E-state index < -0.39 is 0 Å². The minimum absolute atomic E-state index is 0.00727. The van der Waals surface area contributed by atoms with Gasteiger partial charge in [0.05, 0.1) is 11.6 Å². The van der Waals surface area contributed by atoms with Crippen LogP contribution in [-0.4, -0.2) is 34.8 Å². The van der Waals surface area contributed by atoms with Gasteiger partial charge in [-0.25, -0.2) is 4.98 Å². The summed E-state index contributed by atoms with van der Waals surface area (Å²) in [7, 11) is 0. The molecule has 2 amide bonds. The molecule has 0 atom stereocenters. The number of piperidine rings is 1. The van der Waals surface area contributed by atoms with Crippen LogP contribution in [0.1, 0.15) is 28.3 Å². The summed E-state index contributed by atoms with van der Waals surface area (Å²) in [6, 6.07) is 9.77. The van der Waals surface area contributed by atoms with Crippen LogP contribution in [0.4, 0.5) is 0 Å².